The van der Waals surface area contributed by atoms with E-state index in [0.717, 1.165) is 5.75 Å². The van der Waals surface area contributed by atoms with E-state index in [0.29, 0.717) is 18.0 Å². The number of hydrogen-bond acceptors (Lipinski definition) is 3. The molecule has 0 saturated carbocycles. The second-order valence-electron chi connectivity index (χ2n) is 5.85. The first-order valence-corrected chi connectivity index (χ1v) is 8.40. The van der Waals surface area contributed by atoms with E-state index in [-0.39, 0.29) is 0 Å². The molecular formula is C17H26N2S. The van der Waals surface area contributed by atoms with Crippen molar-refractivity contribution in [2.24, 2.45) is 5.92 Å². The Labute approximate surface area is 127 Å². The number of anilines is 1. The van der Waals surface area contributed by atoms with Crippen LogP contribution in [-0.4, -0.2) is 36.3 Å². The molecule has 1 N–H and O–H groups in total. The molecule has 1 aliphatic rings. The fraction of sp³-hybridized carbons (Fsp3) is 0.529. The molecule has 1 aliphatic heterocycles. The van der Waals surface area contributed by atoms with Crippen molar-refractivity contribution in [1.29, 1.82) is 0 Å². The van der Waals surface area contributed by atoms with Gasteiger partial charge in [-0.2, -0.15) is 0 Å². The molecule has 0 spiro atoms. The molecule has 0 aromatic heterocycles. The quantitative estimate of drug-likeness (QED) is 0.649. The SMILES string of the molecule is C=CCSc1ccccc1NC1CC(C)N(C)CC1C. The predicted molar refractivity (Wildman–Crippen MR) is 90.6 cm³/mol. The van der Waals surface area contributed by atoms with Crippen LogP contribution in [0.5, 0.6) is 0 Å². The van der Waals surface area contributed by atoms with Crippen LogP contribution in [0.1, 0.15) is 20.3 Å². The molecule has 1 aromatic rings. The van der Waals surface area contributed by atoms with E-state index >= 15 is 0 Å². The Bertz CT molecular complexity index is 446. The minimum Gasteiger partial charge on any atom is -0.381 e. The number of hydrogen-bond donors (Lipinski definition) is 1. The van der Waals surface area contributed by atoms with Crippen LogP contribution in [0.25, 0.3) is 0 Å². The average molecular weight is 290 g/mol. The third-order valence-electron chi connectivity index (χ3n) is 4.19. The Morgan fingerprint density at radius 3 is 2.90 bits per heavy atom. The Hall–Kier alpha value is -0.930. The number of nitrogens with one attached hydrogen (secondary N) is 1. The van der Waals surface area contributed by atoms with Crippen LogP contribution in [0.4, 0.5) is 5.69 Å². The van der Waals surface area contributed by atoms with Crippen molar-refractivity contribution >= 4 is 17.4 Å². The van der Waals surface area contributed by atoms with Gasteiger partial charge in [0, 0.05) is 35.0 Å². The molecule has 0 bridgehead atoms. The summed E-state index contributed by atoms with van der Waals surface area (Å²) in [6.45, 7) is 9.64. The first kappa shape index (κ1) is 15.5. The van der Waals surface area contributed by atoms with E-state index in [9.17, 15) is 0 Å². The van der Waals surface area contributed by atoms with Crippen LogP contribution in [0.2, 0.25) is 0 Å². The number of nitrogens with zero attached hydrogens (tertiary/aromatic N) is 1. The zero-order valence-corrected chi connectivity index (χ0v) is 13.6. The lowest BCUT2D eigenvalue weighted by atomic mass is 9.89. The minimum absolute atomic E-state index is 0.562. The lowest BCUT2D eigenvalue weighted by Crippen LogP contribution is -2.48. The van der Waals surface area contributed by atoms with Gasteiger partial charge >= 0.3 is 0 Å². The average Bonchev–Trinajstić information content (AvgIpc) is 2.44. The summed E-state index contributed by atoms with van der Waals surface area (Å²) in [5.41, 5.74) is 1.27. The summed E-state index contributed by atoms with van der Waals surface area (Å²) >= 11 is 1.85. The molecule has 2 nitrogen and oxygen atoms in total. The molecule has 1 heterocycles. The molecule has 20 heavy (non-hydrogen) atoms. The zero-order valence-electron chi connectivity index (χ0n) is 12.8. The minimum atomic E-state index is 0.562. The van der Waals surface area contributed by atoms with Gasteiger partial charge in [-0.15, -0.1) is 18.3 Å². The topological polar surface area (TPSA) is 15.3 Å². The lowest BCUT2D eigenvalue weighted by Gasteiger charge is -2.40. The molecule has 3 unspecified atom stereocenters. The van der Waals surface area contributed by atoms with Crippen LogP contribution in [0, 0.1) is 5.92 Å². The van der Waals surface area contributed by atoms with Crippen molar-refractivity contribution in [2.75, 3.05) is 24.7 Å². The monoisotopic (exact) mass is 290 g/mol. The number of likely N-dealkylation sites (tertiary alicyclic amines) is 1. The van der Waals surface area contributed by atoms with E-state index in [4.69, 9.17) is 0 Å². The smallest absolute Gasteiger partial charge is 0.0480 e. The molecular weight excluding hydrogens is 264 g/mol. The van der Waals surface area contributed by atoms with Gasteiger partial charge in [0.25, 0.3) is 0 Å². The standard InChI is InChI=1S/C17H26N2S/c1-5-10-20-17-9-7-6-8-15(17)18-16-11-14(3)19(4)12-13(16)2/h5-9,13-14,16,18H,1,10-12H2,2-4H3. The van der Waals surface area contributed by atoms with Crippen LogP contribution in [0.3, 0.4) is 0 Å². The molecule has 110 valence electrons. The van der Waals surface area contributed by atoms with Crippen LogP contribution in [-0.2, 0) is 0 Å². The molecule has 0 aliphatic carbocycles. The summed E-state index contributed by atoms with van der Waals surface area (Å²) in [5, 5.41) is 3.78. The van der Waals surface area contributed by atoms with Crippen LogP contribution >= 0.6 is 11.8 Å². The Balaban J connectivity index is 2.07. The largest absolute Gasteiger partial charge is 0.381 e. The summed E-state index contributed by atoms with van der Waals surface area (Å²) in [5.74, 6) is 1.63. The number of piperidine rings is 1. The molecule has 1 saturated heterocycles. The number of thioether (sulfide) groups is 1. The zero-order chi connectivity index (χ0) is 14.5. The highest BCUT2D eigenvalue weighted by atomic mass is 32.2. The molecule has 1 aromatic carbocycles. The highest BCUT2D eigenvalue weighted by Crippen LogP contribution is 2.30. The normalized spacial score (nSPS) is 27.2. The van der Waals surface area contributed by atoms with Gasteiger partial charge in [-0.25, -0.2) is 0 Å². The Kier molecular flexibility index (Phi) is 5.55. The summed E-state index contributed by atoms with van der Waals surface area (Å²) in [4.78, 5) is 3.78. The van der Waals surface area contributed by atoms with E-state index in [1.165, 1.54) is 23.5 Å². The first-order chi connectivity index (χ1) is 9.61. The molecule has 0 radical (unpaired) electrons. The van der Waals surface area contributed by atoms with Crippen LogP contribution in [0.15, 0.2) is 41.8 Å². The number of para-hydroxylation sites is 1. The number of benzene rings is 1. The van der Waals surface area contributed by atoms with Gasteiger partial charge in [-0.1, -0.05) is 25.1 Å². The van der Waals surface area contributed by atoms with E-state index in [1.807, 2.05) is 17.8 Å². The third-order valence-corrected chi connectivity index (χ3v) is 5.26. The highest BCUT2D eigenvalue weighted by Gasteiger charge is 2.29. The molecule has 3 heteroatoms. The second-order valence-corrected chi connectivity index (χ2v) is 6.91. The maximum atomic E-state index is 3.80. The molecule has 3 atom stereocenters. The fourth-order valence-electron chi connectivity index (χ4n) is 2.80. The second kappa shape index (κ2) is 7.19. The Morgan fingerprint density at radius 2 is 2.15 bits per heavy atom. The molecule has 2 rings (SSSR count). The van der Waals surface area contributed by atoms with Gasteiger partial charge in [-0.3, -0.25) is 0 Å². The Morgan fingerprint density at radius 1 is 1.40 bits per heavy atom. The van der Waals surface area contributed by atoms with Gasteiger partial charge in [-0.05, 0) is 38.4 Å². The van der Waals surface area contributed by atoms with Crippen molar-refractivity contribution < 1.29 is 0 Å². The van der Waals surface area contributed by atoms with Gasteiger partial charge < -0.3 is 10.2 Å². The van der Waals surface area contributed by atoms with Crippen molar-refractivity contribution in [1.82, 2.24) is 4.90 Å². The van der Waals surface area contributed by atoms with E-state index in [2.05, 4.69) is 62.0 Å². The summed E-state index contributed by atoms with van der Waals surface area (Å²) in [7, 11) is 2.23. The van der Waals surface area contributed by atoms with Crippen molar-refractivity contribution in [3.8, 4) is 0 Å². The predicted octanol–water partition coefficient (Wildman–Crippen LogP) is 4.11. The van der Waals surface area contributed by atoms with Crippen molar-refractivity contribution in [3.63, 3.8) is 0 Å². The maximum absolute atomic E-state index is 3.80. The summed E-state index contributed by atoms with van der Waals surface area (Å²) in [6, 6.07) is 9.82. The third kappa shape index (κ3) is 3.80. The van der Waals surface area contributed by atoms with E-state index in [1.54, 1.807) is 0 Å². The van der Waals surface area contributed by atoms with Crippen molar-refractivity contribution in [3.05, 3.63) is 36.9 Å². The van der Waals surface area contributed by atoms with Crippen molar-refractivity contribution in [2.45, 2.75) is 37.2 Å². The van der Waals surface area contributed by atoms with Gasteiger partial charge in [0.1, 0.15) is 0 Å². The highest BCUT2D eigenvalue weighted by molar-refractivity contribution is 7.99. The van der Waals surface area contributed by atoms with E-state index < -0.39 is 0 Å². The molecule has 0 amide bonds. The number of rotatable bonds is 5. The maximum Gasteiger partial charge on any atom is 0.0480 e. The van der Waals surface area contributed by atoms with Gasteiger partial charge in [0.05, 0.1) is 0 Å². The first-order valence-electron chi connectivity index (χ1n) is 7.41. The summed E-state index contributed by atoms with van der Waals surface area (Å²) in [6.07, 6.45) is 3.17. The van der Waals surface area contributed by atoms with Gasteiger partial charge in [0.15, 0.2) is 0 Å². The van der Waals surface area contributed by atoms with Gasteiger partial charge in [0.2, 0.25) is 0 Å². The van der Waals surface area contributed by atoms with Crippen LogP contribution < -0.4 is 5.32 Å². The summed E-state index contributed by atoms with van der Waals surface area (Å²) < 4.78 is 0. The molecule has 1 fully saturated rings. The lowest BCUT2D eigenvalue weighted by molar-refractivity contribution is 0.145. The fourth-order valence-corrected chi connectivity index (χ4v) is 3.56.